The maximum atomic E-state index is 11.9. The number of nitrogens with one attached hydrogen (secondary N) is 3. The SMILES string of the molecule is CCCCOC(=O)c1ccc(NC(=S)NCCC[NH+]2CCOCC2)cc1. The van der Waals surface area contributed by atoms with E-state index in [1.54, 1.807) is 17.0 Å². The molecule has 0 aromatic heterocycles. The molecule has 0 saturated carbocycles. The van der Waals surface area contributed by atoms with Crippen molar-refractivity contribution in [3.05, 3.63) is 29.8 Å². The number of esters is 1. The Morgan fingerprint density at radius 1 is 1.23 bits per heavy atom. The molecule has 6 nitrogen and oxygen atoms in total. The largest absolute Gasteiger partial charge is 0.462 e. The van der Waals surface area contributed by atoms with Crippen LogP contribution in [0.4, 0.5) is 5.69 Å². The third-order valence-corrected chi connectivity index (χ3v) is 4.55. The number of quaternary nitrogens is 1. The second-order valence-electron chi connectivity index (χ2n) is 6.41. The van der Waals surface area contributed by atoms with Crippen LogP contribution >= 0.6 is 12.2 Å². The first kappa shape index (κ1) is 20.6. The van der Waals surface area contributed by atoms with Crippen molar-refractivity contribution >= 4 is 29.0 Å². The molecule has 0 amide bonds. The summed E-state index contributed by atoms with van der Waals surface area (Å²) in [4.78, 5) is 13.5. The lowest BCUT2D eigenvalue weighted by Gasteiger charge is -2.23. The average Bonchev–Trinajstić information content (AvgIpc) is 2.67. The number of carbonyl (C=O) groups excluding carboxylic acids is 1. The van der Waals surface area contributed by atoms with Gasteiger partial charge in [0.15, 0.2) is 5.11 Å². The highest BCUT2D eigenvalue weighted by molar-refractivity contribution is 7.80. The Kier molecular flexibility index (Phi) is 9.38. The van der Waals surface area contributed by atoms with Gasteiger partial charge in [0.25, 0.3) is 0 Å². The topological polar surface area (TPSA) is 64.0 Å². The van der Waals surface area contributed by atoms with Crippen LogP contribution in [0.5, 0.6) is 0 Å². The maximum Gasteiger partial charge on any atom is 0.338 e. The van der Waals surface area contributed by atoms with E-state index in [4.69, 9.17) is 21.7 Å². The first-order valence-electron chi connectivity index (χ1n) is 9.42. The molecule has 1 aromatic carbocycles. The Morgan fingerprint density at radius 3 is 2.65 bits per heavy atom. The van der Waals surface area contributed by atoms with E-state index >= 15 is 0 Å². The molecule has 0 spiro atoms. The molecule has 1 heterocycles. The van der Waals surface area contributed by atoms with Gasteiger partial charge in [0.1, 0.15) is 13.1 Å². The maximum absolute atomic E-state index is 11.9. The summed E-state index contributed by atoms with van der Waals surface area (Å²) in [6.45, 7) is 8.43. The molecule has 0 bridgehead atoms. The molecule has 1 saturated heterocycles. The van der Waals surface area contributed by atoms with Crippen LogP contribution in [0.1, 0.15) is 36.5 Å². The fourth-order valence-electron chi connectivity index (χ4n) is 2.71. The van der Waals surface area contributed by atoms with Crippen LogP contribution in [-0.4, -0.2) is 57.1 Å². The van der Waals surface area contributed by atoms with Gasteiger partial charge in [-0.3, -0.25) is 0 Å². The summed E-state index contributed by atoms with van der Waals surface area (Å²) in [6.07, 6.45) is 2.96. The minimum Gasteiger partial charge on any atom is -0.462 e. The van der Waals surface area contributed by atoms with E-state index in [-0.39, 0.29) is 5.97 Å². The van der Waals surface area contributed by atoms with Crippen LogP contribution in [0.2, 0.25) is 0 Å². The Labute approximate surface area is 161 Å². The predicted molar refractivity (Wildman–Crippen MR) is 107 cm³/mol. The number of unbranched alkanes of at least 4 members (excludes halogenated alkanes) is 1. The molecule has 2 rings (SSSR count). The zero-order chi connectivity index (χ0) is 18.6. The summed E-state index contributed by atoms with van der Waals surface area (Å²) in [5, 5.41) is 6.96. The van der Waals surface area contributed by atoms with Gasteiger partial charge in [-0.15, -0.1) is 0 Å². The smallest absolute Gasteiger partial charge is 0.338 e. The summed E-state index contributed by atoms with van der Waals surface area (Å²) in [5.74, 6) is -0.281. The van der Waals surface area contributed by atoms with Crippen LogP contribution in [0.25, 0.3) is 0 Å². The second-order valence-corrected chi connectivity index (χ2v) is 6.82. The summed E-state index contributed by atoms with van der Waals surface area (Å²) >= 11 is 5.32. The number of thiocarbonyl (C=S) groups is 1. The first-order chi connectivity index (χ1) is 12.7. The van der Waals surface area contributed by atoms with Gasteiger partial charge in [-0.25, -0.2) is 4.79 Å². The van der Waals surface area contributed by atoms with Crippen LogP contribution in [0, 0.1) is 0 Å². The van der Waals surface area contributed by atoms with Gasteiger partial charge < -0.3 is 25.0 Å². The molecular formula is C19H30N3O3S+. The molecule has 0 atom stereocenters. The fraction of sp³-hybridized carbons (Fsp3) is 0.579. The second kappa shape index (κ2) is 11.8. The van der Waals surface area contributed by atoms with Crippen LogP contribution < -0.4 is 15.5 Å². The molecule has 26 heavy (non-hydrogen) atoms. The van der Waals surface area contributed by atoms with E-state index in [2.05, 4.69) is 17.6 Å². The molecule has 1 aliphatic heterocycles. The van der Waals surface area contributed by atoms with Crippen molar-refractivity contribution in [3.63, 3.8) is 0 Å². The molecule has 0 unspecified atom stereocenters. The lowest BCUT2D eigenvalue weighted by molar-refractivity contribution is -0.908. The summed E-state index contributed by atoms with van der Waals surface area (Å²) in [7, 11) is 0. The molecular weight excluding hydrogens is 350 g/mol. The first-order valence-corrected chi connectivity index (χ1v) is 9.83. The van der Waals surface area contributed by atoms with Crippen LogP contribution in [-0.2, 0) is 9.47 Å². The third-order valence-electron chi connectivity index (χ3n) is 4.30. The lowest BCUT2D eigenvalue weighted by Crippen LogP contribution is -3.14. The number of anilines is 1. The monoisotopic (exact) mass is 380 g/mol. The molecule has 1 aliphatic rings. The van der Waals surface area contributed by atoms with Gasteiger partial charge in [0.2, 0.25) is 0 Å². The molecule has 0 radical (unpaired) electrons. The normalized spacial score (nSPS) is 14.7. The highest BCUT2D eigenvalue weighted by Gasteiger charge is 2.12. The standard InChI is InChI=1S/C19H29N3O3S/c1-2-3-13-25-18(23)16-5-7-17(8-6-16)21-19(26)20-9-4-10-22-11-14-24-15-12-22/h5-8H,2-4,9-15H2,1H3,(H2,20,21,26)/p+1. The fourth-order valence-corrected chi connectivity index (χ4v) is 2.93. The summed E-state index contributed by atoms with van der Waals surface area (Å²) < 4.78 is 10.6. The Balaban J connectivity index is 1.64. The van der Waals surface area contributed by atoms with E-state index in [9.17, 15) is 4.79 Å². The van der Waals surface area contributed by atoms with Crippen LogP contribution in [0.15, 0.2) is 24.3 Å². The van der Waals surface area contributed by atoms with Crippen molar-refractivity contribution in [3.8, 4) is 0 Å². The Hall–Kier alpha value is -1.70. The summed E-state index contributed by atoms with van der Waals surface area (Å²) in [6, 6.07) is 7.17. The van der Waals surface area contributed by atoms with Crippen molar-refractivity contribution < 1.29 is 19.2 Å². The summed E-state index contributed by atoms with van der Waals surface area (Å²) in [5.41, 5.74) is 1.41. The van der Waals surface area contributed by atoms with Gasteiger partial charge in [0.05, 0.1) is 31.9 Å². The van der Waals surface area contributed by atoms with E-state index in [0.717, 1.165) is 64.3 Å². The third kappa shape index (κ3) is 7.68. The molecule has 1 fully saturated rings. The van der Waals surface area contributed by atoms with Crippen molar-refractivity contribution in [2.24, 2.45) is 0 Å². The van der Waals surface area contributed by atoms with Crippen molar-refractivity contribution in [2.75, 3.05) is 51.3 Å². The molecule has 144 valence electrons. The van der Waals surface area contributed by atoms with Crippen molar-refractivity contribution in [1.82, 2.24) is 5.32 Å². The number of morpholine rings is 1. The highest BCUT2D eigenvalue weighted by atomic mass is 32.1. The van der Waals surface area contributed by atoms with Gasteiger partial charge in [-0.2, -0.15) is 0 Å². The predicted octanol–water partition coefficient (Wildman–Crippen LogP) is 1.24. The number of benzene rings is 1. The van der Waals surface area contributed by atoms with E-state index < -0.39 is 0 Å². The number of hydrogen-bond donors (Lipinski definition) is 3. The van der Waals surface area contributed by atoms with Gasteiger partial charge >= 0.3 is 5.97 Å². The van der Waals surface area contributed by atoms with Crippen molar-refractivity contribution in [2.45, 2.75) is 26.2 Å². The van der Waals surface area contributed by atoms with Gasteiger partial charge in [-0.05, 0) is 42.9 Å². The number of ether oxygens (including phenoxy) is 2. The Morgan fingerprint density at radius 2 is 1.96 bits per heavy atom. The lowest BCUT2D eigenvalue weighted by atomic mass is 10.2. The van der Waals surface area contributed by atoms with Gasteiger partial charge in [0, 0.05) is 18.7 Å². The van der Waals surface area contributed by atoms with E-state index in [0.29, 0.717) is 17.3 Å². The molecule has 3 N–H and O–H groups in total. The minimum absolute atomic E-state index is 0.281. The Bertz CT molecular complexity index is 560. The quantitative estimate of drug-likeness (QED) is 0.340. The number of rotatable bonds is 9. The van der Waals surface area contributed by atoms with E-state index in [1.165, 1.54) is 0 Å². The molecule has 7 heteroatoms. The highest BCUT2D eigenvalue weighted by Crippen LogP contribution is 2.10. The minimum atomic E-state index is -0.281. The van der Waals surface area contributed by atoms with Crippen molar-refractivity contribution in [1.29, 1.82) is 0 Å². The van der Waals surface area contributed by atoms with Gasteiger partial charge in [-0.1, -0.05) is 13.3 Å². The molecule has 1 aromatic rings. The van der Waals surface area contributed by atoms with E-state index in [1.807, 2.05) is 12.1 Å². The number of hydrogen-bond acceptors (Lipinski definition) is 4. The zero-order valence-electron chi connectivity index (χ0n) is 15.5. The average molecular weight is 381 g/mol. The molecule has 0 aliphatic carbocycles. The number of carbonyl (C=O) groups is 1. The zero-order valence-corrected chi connectivity index (χ0v) is 16.3. The van der Waals surface area contributed by atoms with Crippen LogP contribution in [0.3, 0.4) is 0 Å².